The van der Waals surface area contributed by atoms with Crippen LogP contribution in [-0.4, -0.2) is 93.0 Å². The number of guanidine groups is 1. The van der Waals surface area contributed by atoms with Crippen LogP contribution in [0, 0.1) is 0 Å². The summed E-state index contributed by atoms with van der Waals surface area (Å²) in [4.78, 5) is 9.00. The zero-order valence-electron chi connectivity index (χ0n) is 15.9. The summed E-state index contributed by atoms with van der Waals surface area (Å²) >= 11 is 0. The van der Waals surface area contributed by atoms with Gasteiger partial charge in [-0.2, -0.15) is 4.31 Å². The molecule has 0 aromatic carbocycles. The molecule has 1 saturated heterocycles. The molecule has 0 spiro atoms. The van der Waals surface area contributed by atoms with E-state index in [1.54, 1.807) is 6.07 Å². The van der Waals surface area contributed by atoms with E-state index in [0.29, 0.717) is 31.9 Å². The van der Waals surface area contributed by atoms with Crippen molar-refractivity contribution in [2.75, 3.05) is 59.4 Å². The van der Waals surface area contributed by atoms with Crippen molar-refractivity contribution in [1.82, 2.24) is 24.6 Å². The highest BCUT2D eigenvalue weighted by Crippen LogP contribution is 2.12. The van der Waals surface area contributed by atoms with Gasteiger partial charge in [0.2, 0.25) is 10.0 Å². The van der Waals surface area contributed by atoms with Crippen molar-refractivity contribution in [3.63, 3.8) is 0 Å². The second kappa shape index (κ2) is 9.89. The molecule has 1 fully saturated rings. The Balaban J connectivity index is 1.91. The number of piperazine rings is 1. The van der Waals surface area contributed by atoms with Crippen molar-refractivity contribution >= 4 is 16.0 Å². The van der Waals surface area contributed by atoms with Gasteiger partial charge in [0, 0.05) is 45.3 Å². The van der Waals surface area contributed by atoms with E-state index in [1.165, 1.54) is 10.6 Å². The zero-order chi connectivity index (χ0) is 19.0. The Morgan fingerprint density at radius 1 is 1.35 bits per heavy atom. The molecule has 26 heavy (non-hydrogen) atoms. The Morgan fingerprint density at radius 3 is 2.65 bits per heavy atom. The summed E-state index contributed by atoms with van der Waals surface area (Å²) in [6, 6.07) is 1.58. The van der Waals surface area contributed by atoms with Crippen molar-refractivity contribution in [1.29, 1.82) is 0 Å². The molecule has 2 rings (SSSR count). The van der Waals surface area contributed by atoms with E-state index in [4.69, 9.17) is 4.52 Å². The normalized spacial score (nSPS) is 17.1. The first-order chi connectivity index (χ1) is 12.5. The lowest BCUT2D eigenvalue weighted by molar-refractivity contribution is 0.259. The van der Waals surface area contributed by atoms with Crippen molar-refractivity contribution in [3.8, 4) is 0 Å². The van der Waals surface area contributed by atoms with Crippen LogP contribution in [0.4, 0.5) is 0 Å². The Kier molecular flexibility index (Phi) is 7.85. The summed E-state index contributed by atoms with van der Waals surface area (Å²) in [5.41, 5.74) is 0.433. The zero-order valence-corrected chi connectivity index (χ0v) is 16.7. The number of sulfonamides is 1. The molecule has 1 N–H and O–H groups in total. The third kappa shape index (κ3) is 5.96. The fraction of sp³-hybridized carbons (Fsp3) is 0.750. The Hall–Kier alpha value is -1.65. The van der Waals surface area contributed by atoms with Crippen molar-refractivity contribution in [2.45, 2.75) is 19.6 Å². The standard InChI is InChI=1S/C16H30N6O3S/c1-4-17-16(18-7-8-20(3)5-2)21-9-11-22(12-10-21)26(23,24)14-15-6-13-25-19-15/h6,13H,4-5,7-12,14H2,1-3H3,(H,17,18). The average Bonchev–Trinajstić information content (AvgIpc) is 3.13. The Labute approximate surface area is 156 Å². The molecule has 0 unspecified atom stereocenters. The molecular formula is C16H30N6O3S. The van der Waals surface area contributed by atoms with Gasteiger partial charge in [-0.25, -0.2) is 8.42 Å². The number of hydrogen-bond donors (Lipinski definition) is 1. The van der Waals surface area contributed by atoms with Crippen LogP contribution >= 0.6 is 0 Å². The summed E-state index contributed by atoms with van der Waals surface area (Å²) in [6.07, 6.45) is 1.39. The second-order valence-corrected chi connectivity index (χ2v) is 8.23. The fourth-order valence-electron chi connectivity index (χ4n) is 2.68. The molecule has 1 aromatic heterocycles. The summed E-state index contributed by atoms with van der Waals surface area (Å²) in [7, 11) is -1.31. The van der Waals surface area contributed by atoms with Crippen LogP contribution in [0.3, 0.4) is 0 Å². The van der Waals surface area contributed by atoms with Gasteiger partial charge in [0.15, 0.2) is 5.96 Å². The van der Waals surface area contributed by atoms with Crippen molar-refractivity contribution in [2.24, 2.45) is 4.99 Å². The third-order valence-electron chi connectivity index (χ3n) is 4.37. The first-order valence-electron chi connectivity index (χ1n) is 9.05. The number of rotatable bonds is 8. The van der Waals surface area contributed by atoms with E-state index in [9.17, 15) is 8.42 Å². The molecule has 148 valence electrons. The molecule has 2 heterocycles. The number of nitrogens with zero attached hydrogens (tertiary/aromatic N) is 5. The van der Waals surface area contributed by atoms with Crippen molar-refractivity contribution < 1.29 is 12.9 Å². The van der Waals surface area contributed by atoms with E-state index in [0.717, 1.165) is 32.1 Å². The van der Waals surface area contributed by atoms with E-state index in [2.05, 4.69) is 39.2 Å². The predicted molar refractivity (Wildman–Crippen MR) is 101 cm³/mol. The fourth-order valence-corrected chi connectivity index (χ4v) is 4.10. The quantitative estimate of drug-likeness (QED) is 0.498. The number of aliphatic imine (C=N–C) groups is 1. The molecule has 0 saturated carbocycles. The summed E-state index contributed by atoms with van der Waals surface area (Å²) in [6.45, 7) is 9.68. The van der Waals surface area contributed by atoms with E-state index in [1.807, 2.05) is 6.92 Å². The van der Waals surface area contributed by atoms with Crippen LogP contribution in [0.25, 0.3) is 0 Å². The molecule has 10 heteroatoms. The predicted octanol–water partition coefficient (Wildman–Crippen LogP) is 0.0392. The topological polar surface area (TPSA) is 94.3 Å². The highest BCUT2D eigenvalue weighted by molar-refractivity contribution is 7.88. The van der Waals surface area contributed by atoms with Crippen LogP contribution in [0.1, 0.15) is 19.5 Å². The minimum absolute atomic E-state index is 0.124. The Bertz CT molecular complexity index is 654. The van der Waals surface area contributed by atoms with Gasteiger partial charge in [0.25, 0.3) is 0 Å². The molecule has 0 radical (unpaired) electrons. The molecule has 0 bridgehead atoms. The second-order valence-electron chi connectivity index (χ2n) is 6.26. The molecular weight excluding hydrogens is 356 g/mol. The largest absolute Gasteiger partial charge is 0.364 e. The SMILES string of the molecule is CCNC(=NCCN(C)CC)N1CCN(S(=O)(=O)Cc2ccon2)CC1. The molecule has 1 aromatic rings. The van der Waals surface area contributed by atoms with Gasteiger partial charge >= 0.3 is 0 Å². The van der Waals surface area contributed by atoms with Gasteiger partial charge < -0.3 is 19.6 Å². The number of nitrogens with one attached hydrogen (secondary N) is 1. The van der Waals surface area contributed by atoms with Gasteiger partial charge in [-0.15, -0.1) is 0 Å². The van der Waals surface area contributed by atoms with E-state index < -0.39 is 10.0 Å². The lowest BCUT2D eigenvalue weighted by atomic mass is 10.4. The highest BCUT2D eigenvalue weighted by Gasteiger charge is 2.28. The summed E-state index contributed by atoms with van der Waals surface area (Å²) < 4.78 is 31.3. The van der Waals surface area contributed by atoms with Crippen LogP contribution < -0.4 is 5.32 Å². The number of aromatic nitrogens is 1. The van der Waals surface area contributed by atoms with Crippen LogP contribution in [0.5, 0.6) is 0 Å². The van der Waals surface area contributed by atoms with Gasteiger partial charge in [-0.05, 0) is 20.5 Å². The van der Waals surface area contributed by atoms with Gasteiger partial charge in [-0.3, -0.25) is 4.99 Å². The van der Waals surface area contributed by atoms with E-state index in [-0.39, 0.29) is 5.75 Å². The Morgan fingerprint density at radius 2 is 2.08 bits per heavy atom. The lowest BCUT2D eigenvalue weighted by Crippen LogP contribution is -2.54. The van der Waals surface area contributed by atoms with Gasteiger partial charge in [0.05, 0.1) is 12.2 Å². The molecule has 0 aliphatic carbocycles. The summed E-state index contributed by atoms with van der Waals surface area (Å²) in [5, 5.41) is 7.00. The molecule has 0 amide bonds. The maximum absolute atomic E-state index is 12.5. The van der Waals surface area contributed by atoms with Crippen LogP contribution in [0.15, 0.2) is 21.8 Å². The molecule has 9 nitrogen and oxygen atoms in total. The third-order valence-corrected chi connectivity index (χ3v) is 6.18. The number of likely N-dealkylation sites (N-methyl/N-ethyl adjacent to an activating group) is 1. The molecule has 1 aliphatic rings. The number of hydrogen-bond acceptors (Lipinski definition) is 6. The minimum Gasteiger partial charge on any atom is -0.364 e. The van der Waals surface area contributed by atoms with Gasteiger partial charge in [0.1, 0.15) is 12.0 Å². The van der Waals surface area contributed by atoms with Crippen molar-refractivity contribution in [3.05, 3.63) is 18.0 Å². The van der Waals surface area contributed by atoms with Crippen LogP contribution in [0.2, 0.25) is 0 Å². The lowest BCUT2D eigenvalue weighted by Gasteiger charge is -2.35. The molecule has 1 aliphatic heterocycles. The van der Waals surface area contributed by atoms with Crippen LogP contribution in [-0.2, 0) is 15.8 Å². The monoisotopic (exact) mass is 386 g/mol. The first-order valence-corrected chi connectivity index (χ1v) is 10.7. The average molecular weight is 387 g/mol. The van der Waals surface area contributed by atoms with Gasteiger partial charge in [-0.1, -0.05) is 12.1 Å². The maximum Gasteiger partial charge on any atom is 0.220 e. The first kappa shape index (κ1) is 20.7. The maximum atomic E-state index is 12.5. The highest BCUT2D eigenvalue weighted by atomic mass is 32.2. The summed E-state index contributed by atoms with van der Waals surface area (Å²) in [5.74, 6) is 0.728. The molecule has 0 atom stereocenters. The minimum atomic E-state index is -3.38. The smallest absolute Gasteiger partial charge is 0.220 e. The van der Waals surface area contributed by atoms with E-state index >= 15 is 0 Å².